The number of aliphatic imine (C=N–C) groups is 4. The summed E-state index contributed by atoms with van der Waals surface area (Å²) in [6, 6.07) is 52.5. The topological polar surface area (TPSA) is 101 Å². The number of amidine groups is 4. The van der Waals surface area contributed by atoms with Gasteiger partial charge in [0.1, 0.15) is 11.7 Å². The number of thiophene rings is 1. The van der Waals surface area contributed by atoms with E-state index in [0.717, 1.165) is 33.4 Å². The molecule has 7 aromatic rings. The maximum Gasteiger partial charge on any atom is 0.157 e. The minimum atomic E-state index is 0.340. The third kappa shape index (κ3) is 7.53. The summed E-state index contributed by atoms with van der Waals surface area (Å²) >= 11 is 1.80. The predicted molar refractivity (Wildman–Crippen MR) is 207 cm³/mol. The fraction of sp³-hybridized carbons (Fsp3) is 0.0476. The van der Waals surface area contributed by atoms with Crippen molar-refractivity contribution in [1.29, 1.82) is 0 Å². The quantitative estimate of drug-likeness (QED) is 0.126. The van der Waals surface area contributed by atoms with E-state index in [4.69, 9.17) is 31.4 Å². The largest absolute Gasteiger partial charge is 0.383 e. The lowest BCUT2D eigenvalue weighted by Crippen LogP contribution is -2.18. The first kappa shape index (κ1) is 31.4. The minimum Gasteiger partial charge on any atom is -0.383 e. The van der Waals surface area contributed by atoms with Gasteiger partial charge in [0.2, 0.25) is 0 Å². The first-order chi connectivity index (χ1) is 24.1. The lowest BCUT2D eigenvalue weighted by molar-refractivity contribution is 1.06. The smallest absolute Gasteiger partial charge is 0.157 e. The highest BCUT2D eigenvalue weighted by Crippen LogP contribution is 2.34. The molecule has 1 aromatic heterocycles. The first-order valence-corrected chi connectivity index (χ1v) is 16.9. The van der Waals surface area contributed by atoms with Crippen LogP contribution in [0.4, 0.5) is 0 Å². The van der Waals surface area contributed by atoms with Gasteiger partial charge in [0, 0.05) is 42.4 Å². The average molecular weight is 655 g/mol. The van der Waals surface area contributed by atoms with Gasteiger partial charge in [-0.1, -0.05) is 140 Å². The molecule has 0 spiro atoms. The molecule has 7 heteroatoms. The molecule has 7 rings (SSSR count). The van der Waals surface area contributed by atoms with Gasteiger partial charge in [0.25, 0.3) is 0 Å². The second-order valence-corrected chi connectivity index (χ2v) is 12.6. The van der Waals surface area contributed by atoms with Gasteiger partial charge in [-0.15, -0.1) is 11.3 Å². The van der Waals surface area contributed by atoms with Gasteiger partial charge >= 0.3 is 0 Å². The Hall–Kier alpha value is -6.18. The number of hydrogen-bond donors (Lipinski definition) is 2. The van der Waals surface area contributed by atoms with Gasteiger partial charge in [0.15, 0.2) is 11.7 Å². The molecule has 0 aliphatic heterocycles. The van der Waals surface area contributed by atoms with Crippen molar-refractivity contribution in [3.8, 4) is 0 Å². The standard InChI is InChI=1S/C42H34N6S/c43-39(31-15-6-2-7-16-31)47-42(45-27-29-13-4-1-5-14-29)34-20-12-19-33(26-34)40(44)48-41(32-17-8-3-9-18-32)46-28-30-23-24-36-35-21-10-11-22-37(35)49-38(36)25-30/h1-26H,27-28H2,(H2,43,45,47)(H2,44,46,48). The van der Waals surface area contributed by atoms with Crippen molar-refractivity contribution in [2.75, 3.05) is 0 Å². The Kier molecular flexibility index (Phi) is 9.43. The molecule has 0 aliphatic rings. The molecule has 0 atom stereocenters. The van der Waals surface area contributed by atoms with Crippen LogP contribution in [0.15, 0.2) is 178 Å². The van der Waals surface area contributed by atoms with Crippen molar-refractivity contribution >= 4 is 54.9 Å². The second-order valence-electron chi connectivity index (χ2n) is 11.5. The van der Waals surface area contributed by atoms with Crippen molar-refractivity contribution in [1.82, 2.24) is 0 Å². The fourth-order valence-corrected chi connectivity index (χ4v) is 6.71. The number of hydrogen-bond acceptors (Lipinski definition) is 3. The van der Waals surface area contributed by atoms with E-state index in [-0.39, 0.29) is 0 Å². The molecule has 0 radical (unpaired) electrons. The maximum atomic E-state index is 6.72. The predicted octanol–water partition coefficient (Wildman–Crippen LogP) is 8.76. The molecule has 6 aromatic carbocycles. The molecular formula is C42H34N6S. The van der Waals surface area contributed by atoms with Crippen molar-refractivity contribution in [2.45, 2.75) is 13.1 Å². The molecule has 0 fully saturated rings. The third-order valence-electron chi connectivity index (χ3n) is 8.08. The van der Waals surface area contributed by atoms with Crippen LogP contribution in [0.1, 0.15) is 33.4 Å². The minimum absolute atomic E-state index is 0.340. The molecule has 4 N–H and O–H groups in total. The van der Waals surface area contributed by atoms with Crippen molar-refractivity contribution < 1.29 is 0 Å². The van der Waals surface area contributed by atoms with Crippen LogP contribution in [-0.2, 0) is 13.1 Å². The van der Waals surface area contributed by atoms with E-state index >= 15 is 0 Å². The summed E-state index contributed by atoms with van der Waals surface area (Å²) in [4.78, 5) is 19.5. The Morgan fingerprint density at radius 1 is 0.429 bits per heavy atom. The summed E-state index contributed by atoms with van der Waals surface area (Å²) in [7, 11) is 0. The van der Waals surface area contributed by atoms with Crippen molar-refractivity contribution in [3.05, 3.63) is 191 Å². The maximum absolute atomic E-state index is 6.72. The van der Waals surface area contributed by atoms with E-state index in [1.807, 2.05) is 115 Å². The van der Waals surface area contributed by atoms with E-state index in [9.17, 15) is 0 Å². The Morgan fingerprint density at radius 3 is 1.69 bits per heavy atom. The molecule has 0 unspecified atom stereocenters. The number of benzene rings is 6. The van der Waals surface area contributed by atoms with Gasteiger partial charge in [-0.2, -0.15) is 0 Å². The molecule has 0 saturated heterocycles. The van der Waals surface area contributed by atoms with E-state index in [2.05, 4.69) is 42.5 Å². The lowest BCUT2D eigenvalue weighted by Gasteiger charge is -2.09. The van der Waals surface area contributed by atoms with Crippen LogP contribution < -0.4 is 11.5 Å². The Labute approximate surface area is 289 Å². The zero-order valence-electron chi connectivity index (χ0n) is 26.8. The number of fused-ring (bicyclic) bond motifs is 3. The summed E-state index contributed by atoms with van der Waals surface area (Å²) in [5.41, 5.74) is 18.6. The summed E-state index contributed by atoms with van der Waals surface area (Å²) < 4.78 is 2.53. The summed E-state index contributed by atoms with van der Waals surface area (Å²) in [5, 5.41) is 2.55. The monoisotopic (exact) mass is 654 g/mol. The summed E-state index contributed by atoms with van der Waals surface area (Å²) in [5.74, 6) is 1.79. The zero-order valence-corrected chi connectivity index (χ0v) is 27.6. The molecule has 0 saturated carbocycles. The van der Waals surface area contributed by atoms with Crippen LogP contribution in [0.5, 0.6) is 0 Å². The van der Waals surface area contributed by atoms with Crippen LogP contribution in [-0.4, -0.2) is 23.3 Å². The van der Waals surface area contributed by atoms with Gasteiger partial charge < -0.3 is 11.5 Å². The molecule has 0 bridgehead atoms. The lowest BCUT2D eigenvalue weighted by atomic mass is 10.1. The Bertz CT molecular complexity index is 2340. The Balaban J connectivity index is 1.22. The van der Waals surface area contributed by atoms with E-state index < -0.39 is 0 Å². The SMILES string of the molecule is NC(=NC(=NCc1ccc2c(c1)sc1ccccc12)c1ccccc1)c1cccc(C(N=C(N)c2ccccc2)=NCc2ccccc2)c1. The van der Waals surface area contributed by atoms with Crippen molar-refractivity contribution in [2.24, 2.45) is 31.4 Å². The fourth-order valence-electron chi connectivity index (χ4n) is 5.54. The highest BCUT2D eigenvalue weighted by Gasteiger charge is 2.11. The first-order valence-electron chi connectivity index (χ1n) is 16.0. The normalized spacial score (nSPS) is 12.9. The number of nitrogens with zero attached hydrogens (tertiary/aromatic N) is 4. The molecule has 1 heterocycles. The number of rotatable bonds is 8. The van der Waals surface area contributed by atoms with Crippen LogP contribution in [0.2, 0.25) is 0 Å². The van der Waals surface area contributed by atoms with Crippen LogP contribution >= 0.6 is 11.3 Å². The third-order valence-corrected chi connectivity index (χ3v) is 9.21. The van der Waals surface area contributed by atoms with Gasteiger partial charge in [-0.25, -0.2) is 9.98 Å². The molecular weight excluding hydrogens is 621 g/mol. The molecule has 0 amide bonds. The van der Waals surface area contributed by atoms with Crippen LogP contribution in [0.25, 0.3) is 20.2 Å². The zero-order chi connectivity index (χ0) is 33.4. The van der Waals surface area contributed by atoms with Crippen molar-refractivity contribution in [3.63, 3.8) is 0 Å². The molecule has 238 valence electrons. The highest BCUT2D eigenvalue weighted by atomic mass is 32.1. The van der Waals surface area contributed by atoms with Gasteiger partial charge in [-0.05, 0) is 29.3 Å². The van der Waals surface area contributed by atoms with E-state index in [1.165, 1.54) is 20.2 Å². The summed E-state index contributed by atoms with van der Waals surface area (Å²) in [6.07, 6.45) is 0. The Morgan fingerprint density at radius 2 is 0.959 bits per heavy atom. The summed E-state index contributed by atoms with van der Waals surface area (Å²) in [6.45, 7) is 0.919. The number of nitrogens with two attached hydrogens (primary N) is 2. The molecule has 49 heavy (non-hydrogen) atoms. The van der Waals surface area contributed by atoms with E-state index in [0.29, 0.717) is 36.4 Å². The van der Waals surface area contributed by atoms with Crippen LogP contribution in [0, 0.1) is 0 Å². The average Bonchev–Trinajstić information content (AvgIpc) is 3.54. The van der Waals surface area contributed by atoms with Gasteiger partial charge in [0.05, 0.1) is 13.1 Å². The van der Waals surface area contributed by atoms with Gasteiger partial charge in [-0.3, -0.25) is 9.98 Å². The molecule has 0 aliphatic carbocycles. The second kappa shape index (κ2) is 14.7. The highest BCUT2D eigenvalue weighted by molar-refractivity contribution is 7.25. The van der Waals surface area contributed by atoms with E-state index in [1.54, 1.807) is 11.3 Å². The molecule has 6 nitrogen and oxygen atoms in total. The van der Waals surface area contributed by atoms with Crippen LogP contribution in [0.3, 0.4) is 0 Å².